The Morgan fingerprint density at radius 3 is 2.68 bits per heavy atom. The Morgan fingerprint density at radius 2 is 2.09 bits per heavy atom. The van der Waals surface area contributed by atoms with Gasteiger partial charge in [-0.2, -0.15) is 5.10 Å². The number of rotatable bonds is 7. The number of benzene rings is 1. The SMILES string of the molecule is CC(C)OCCC(=O)Nc1ccc(-c2n[nH]c(CN)n2)cc1. The molecule has 0 saturated heterocycles. The average molecular weight is 303 g/mol. The Balaban J connectivity index is 1.90. The van der Waals surface area contributed by atoms with Gasteiger partial charge in [0.25, 0.3) is 0 Å². The first-order chi connectivity index (χ1) is 10.6. The van der Waals surface area contributed by atoms with E-state index >= 15 is 0 Å². The first-order valence-electron chi connectivity index (χ1n) is 7.21. The fourth-order valence-electron chi connectivity index (χ4n) is 1.83. The molecule has 1 amide bonds. The van der Waals surface area contributed by atoms with Gasteiger partial charge in [0.05, 0.1) is 25.7 Å². The highest BCUT2D eigenvalue weighted by atomic mass is 16.5. The Bertz CT molecular complexity index is 607. The molecule has 2 aromatic rings. The number of nitrogens with two attached hydrogens (primary N) is 1. The predicted octanol–water partition coefficient (Wildman–Crippen LogP) is 1.68. The molecule has 7 nitrogen and oxygen atoms in total. The predicted molar refractivity (Wildman–Crippen MR) is 84.0 cm³/mol. The summed E-state index contributed by atoms with van der Waals surface area (Å²) in [5.41, 5.74) is 7.08. The van der Waals surface area contributed by atoms with Gasteiger partial charge in [-0.1, -0.05) is 0 Å². The molecule has 1 aromatic carbocycles. The summed E-state index contributed by atoms with van der Waals surface area (Å²) in [5.74, 6) is 1.15. The van der Waals surface area contributed by atoms with E-state index < -0.39 is 0 Å². The highest BCUT2D eigenvalue weighted by Gasteiger charge is 2.06. The third-order valence-corrected chi connectivity index (χ3v) is 2.93. The first-order valence-corrected chi connectivity index (χ1v) is 7.21. The van der Waals surface area contributed by atoms with E-state index in [9.17, 15) is 4.79 Å². The van der Waals surface area contributed by atoms with Crippen LogP contribution in [0, 0.1) is 0 Å². The van der Waals surface area contributed by atoms with Crippen LogP contribution in [0.15, 0.2) is 24.3 Å². The summed E-state index contributed by atoms with van der Waals surface area (Å²) < 4.78 is 5.35. The van der Waals surface area contributed by atoms with Crippen LogP contribution in [0.25, 0.3) is 11.4 Å². The van der Waals surface area contributed by atoms with Crippen LogP contribution in [0.1, 0.15) is 26.1 Å². The molecule has 7 heteroatoms. The minimum absolute atomic E-state index is 0.0725. The van der Waals surface area contributed by atoms with Gasteiger partial charge >= 0.3 is 0 Å². The third kappa shape index (κ3) is 4.64. The summed E-state index contributed by atoms with van der Waals surface area (Å²) in [6, 6.07) is 7.33. The highest BCUT2D eigenvalue weighted by molar-refractivity contribution is 5.90. The molecule has 118 valence electrons. The third-order valence-electron chi connectivity index (χ3n) is 2.93. The molecule has 0 fully saturated rings. The van der Waals surface area contributed by atoms with E-state index in [0.717, 1.165) is 11.3 Å². The molecule has 0 aliphatic carbocycles. The summed E-state index contributed by atoms with van der Waals surface area (Å²) in [6.45, 7) is 4.62. The lowest BCUT2D eigenvalue weighted by atomic mass is 10.2. The van der Waals surface area contributed by atoms with Crippen molar-refractivity contribution >= 4 is 11.6 Å². The zero-order chi connectivity index (χ0) is 15.9. The molecule has 0 bridgehead atoms. The molecular weight excluding hydrogens is 282 g/mol. The van der Waals surface area contributed by atoms with Gasteiger partial charge < -0.3 is 15.8 Å². The molecule has 0 unspecified atom stereocenters. The van der Waals surface area contributed by atoms with E-state index in [0.29, 0.717) is 31.2 Å². The van der Waals surface area contributed by atoms with E-state index in [2.05, 4.69) is 20.5 Å². The number of H-pyrrole nitrogens is 1. The molecular formula is C15H21N5O2. The zero-order valence-electron chi connectivity index (χ0n) is 12.8. The number of hydrogen-bond acceptors (Lipinski definition) is 5. The van der Waals surface area contributed by atoms with Crippen molar-refractivity contribution in [1.82, 2.24) is 15.2 Å². The topological polar surface area (TPSA) is 106 Å². The van der Waals surface area contributed by atoms with Crippen molar-refractivity contribution in [2.24, 2.45) is 5.73 Å². The largest absolute Gasteiger partial charge is 0.378 e. The van der Waals surface area contributed by atoms with Crippen molar-refractivity contribution in [2.75, 3.05) is 11.9 Å². The van der Waals surface area contributed by atoms with Gasteiger partial charge in [-0.25, -0.2) is 4.98 Å². The van der Waals surface area contributed by atoms with Crippen molar-refractivity contribution in [3.63, 3.8) is 0 Å². The van der Waals surface area contributed by atoms with E-state index in [-0.39, 0.29) is 12.0 Å². The van der Waals surface area contributed by atoms with E-state index in [1.54, 1.807) is 0 Å². The summed E-state index contributed by atoms with van der Waals surface area (Å²) in [7, 11) is 0. The minimum atomic E-state index is -0.0725. The average Bonchev–Trinajstić information content (AvgIpc) is 2.96. The number of aromatic amines is 1. The number of aromatic nitrogens is 3. The lowest BCUT2D eigenvalue weighted by Crippen LogP contribution is -2.15. The lowest BCUT2D eigenvalue weighted by molar-refractivity contribution is -0.117. The second-order valence-electron chi connectivity index (χ2n) is 5.10. The molecule has 0 spiro atoms. The molecule has 0 aliphatic heterocycles. The molecule has 0 saturated carbocycles. The maximum Gasteiger partial charge on any atom is 0.226 e. The van der Waals surface area contributed by atoms with Crippen LogP contribution in [0.3, 0.4) is 0 Å². The lowest BCUT2D eigenvalue weighted by Gasteiger charge is -2.08. The van der Waals surface area contributed by atoms with E-state index in [1.807, 2.05) is 38.1 Å². The molecule has 1 heterocycles. The Kier molecular flexibility index (Phi) is 5.62. The molecule has 0 atom stereocenters. The van der Waals surface area contributed by atoms with E-state index in [1.165, 1.54) is 0 Å². The second-order valence-corrected chi connectivity index (χ2v) is 5.10. The fraction of sp³-hybridized carbons (Fsp3) is 0.400. The zero-order valence-corrected chi connectivity index (χ0v) is 12.8. The first kappa shape index (κ1) is 16.1. The van der Waals surface area contributed by atoms with Crippen molar-refractivity contribution in [2.45, 2.75) is 32.9 Å². The van der Waals surface area contributed by atoms with Crippen LogP contribution in [-0.2, 0) is 16.1 Å². The van der Waals surface area contributed by atoms with Gasteiger partial charge in [0, 0.05) is 11.3 Å². The summed E-state index contributed by atoms with van der Waals surface area (Å²) in [4.78, 5) is 16.0. The second kappa shape index (κ2) is 7.67. The van der Waals surface area contributed by atoms with Gasteiger partial charge in [-0.05, 0) is 38.1 Å². The fourth-order valence-corrected chi connectivity index (χ4v) is 1.83. The number of nitrogens with one attached hydrogen (secondary N) is 2. The van der Waals surface area contributed by atoms with Gasteiger partial charge in [0.1, 0.15) is 5.82 Å². The molecule has 2 rings (SSSR count). The monoisotopic (exact) mass is 303 g/mol. The van der Waals surface area contributed by atoms with Crippen LogP contribution in [0.5, 0.6) is 0 Å². The number of anilines is 1. The number of carbonyl (C=O) groups is 1. The van der Waals surface area contributed by atoms with Crippen molar-refractivity contribution < 1.29 is 9.53 Å². The number of ether oxygens (including phenoxy) is 1. The van der Waals surface area contributed by atoms with Crippen LogP contribution < -0.4 is 11.1 Å². The normalized spacial score (nSPS) is 10.9. The molecule has 0 aliphatic rings. The minimum Gasteiger partial charge on any atom is -0.378 e. The molecule has 1 aromatic heterocycles. The number of nitrogens with zero attached hydrogens (tertiary/aromatic N) is 2. The van der Waals surface area contributed by atoms with Crippen molar-refractivity contribution in [3.8, 4) is 11.4 Å². The highest BCUT2D eigenvalue weighted by Crippen LogP contribution is 2.18. The van der Waals surface area contributed by atoms with Crippen molar-refractivity contribution in [3.05, 3.63) is 30.1 Å². The van der Waals surface area contributed by atoms with Gasteiger partial charge in [-0.3, -0.25) is 9.89 Å². The molecule has 22 heavy (non-hydrogen) atoms. The maximum atomic E-state index is 11.8. The molecule has 0 radical (unpaired) electrons. The Morgan fingerprint density at radius 1 is 1.36 bits per heavy atom. The van der Waals surface area contributed by atoms with Crippen LogP contribution >= 0.6 is 0 Å². The smallest absolute Gasteiger partial charge is 0.226 e. The summed E-state index contributed by atoms with van der Waals surface area (Å²) in [6.07, 6.45) is 0.465. The van der Waals surface area contributed by atoms with Gasteiger partial charge in [-0.15, -0.1) is 0 Å². The summed E-state index contributed by atoms with van der Waals surface area (Å²) >= 11 is 0. The standard InChI is InChI=1S/C15H21N5O2/c1-10(2)22-8-7-14(21)17-12-5-3-11(4-6-12)15-18-13(9-16)19-20-15/h3-6,10H,7-9,16H2,1-2H3,(H,17,21)(H,18,19,20). The van der Waals surface area contributed by atoms with Gasteiger partial charge in [0.15, 0.2) is 5.82 Å². The Labute approximate surface area is 129 Å². The maximum absolute atomic E-state index is 11.8. The van der Waals surface area contributed by atoms with Crippen LogP contribution in [0.4, 0.5) is 5.69 Å². The number of hydrogen-bond donors (Lipinski definition) is 3. The number of carbonyl (C=O) groups excluding carboxylic acids is 1. The van der Waals surface area contributed by atoms with Crippen LogP contribution in [0.2, 0.25) is 0 Å². The number of amides is 1. The Hall–Kier alpha value is -2.25. The summed E-state index contributed by atoms with van der Waals surface area (Å²) in [5, 5.41) is 9.67. The van der Waals surface area contributed by atoms with Crippen LogP contribution in [-0.4, -0.2) is 33.8 Å². The molecule has 4 N–H and O–H groups in total. The quantitative estimate of drug-likeness (QED) is 0.721. The van der Waals surface area contributed by atoms with Crippen molar-refractivity contribution in [1.29, 1.82) is 0 Å². The van der Waals surface area contributed by atoms with E-state index in [4.69, 9.17) is 10.5 Å². The van der Waals surface area contributed by atoms with Gasteiger partial charge in [0.2, 0.25) is 5.91 Å².